The highest BCUT2D eigenvalue weighted by Gasteiger charge is 2.35. The van der Waals surface area contributed by atoms with Crippen LogP contribution in [0.2, 0.25) is 0 Å². The van der Waals surface area contributed by atoms with Crippen molar-refractivity contribution in [2.75, 3.05) is 25.5 Å². The molecule has 2 rings (SSSR count). The zero-order valence-electron chi connectivity index (χ0n) is 17.9. The van der Waals surface area contributed by atoms with Crippen LogP contribution in [0, 0.1) is 5.92 Å². The lowest BCUT2D eigenvalue weighted by molar-refractivity contribution is -0.137. The first-order chi connectivity index (χ1) is 13.8. The fraction of sp³-hybridized carbons (Fsp3) is 0.619. The van der Waals surface area contributed by atoms with E-state index in [1.54, 1.807) is 32.6 Å². The number of likely N-dealkylation sites (tertiary alicyclic amines) is 1. The van der Waals surface area contributed by atoms with Crippen LogP contribution in [0.15, 0.2) is 18.2 Å². The Morgan fingerprint density at radius 1 is 1.27 bits per heavy atom. The van der Waals surface area contributed by atoms with Gasteiger partial charge < -0.3 is 19.7 Å². The fourth-order valence-electron chi connectivity index (χ4n) is 3.50. The number of ether oxygens (including phenoxy) is 2. The maximum absolute atomic E-state index is 13.4. The highest BCUT2D eigenvalue weighted by atomic mass is 19.4. The van der Waals surface area contributed by atoms with Crippen molar-refractivity contribution in [3.63, 3.8) is 0 Å². The molecule has 1 aliphatic rings. The molecule has 30 heavy (non-hydrogen) atoms. The Morgan fingerprint density at radius 3 is 2.50 bits per heavy atom. The number of methoxy groups -OCH3 is 1. The van der Waals surface area contributed by atoms with Gasteiger partial charge in [-0.1, -0.05) is 0 Å². The van der Waals surface area contributed by atoms with Gasteiger partial charge in [-0.15, -0.1) is 0 Å². The van der Waals surface area contributed by atoms with Gasteiger partial charge in [0.05, 0.1) is 18.2 Å². The zero-order chi connectivity index (χ0) is 22.7. The summed E-state index contributed by atoms with van der Waals surface area (Å²) in [5, 5.41) is 2.88. The number of nitrogens with one attached hydrogen (secondary N) is 1. The molecule has 1 fully saturated rings. The number of nitrogens with zero attached hydrogens (tertiary/aromatic N) is 1. The van der Waals surface area contributed by atoms with E-state index in [1.807, 2.05) is 0 Å². The number of esters is 1. The Labute approximate surface area is 174 Å². The lowest BCUT2D eigenvalue weighted by Gasteiger charge is -2.25. The van der Waals surface area contributed by atoms with Gasteiger partial charge in [0.25, 0.3) is 0 Å². The second-order valence-corrected chi connectivity index (χ2v) is 8.61. The van der Waals surface area contributed by atoms with Crippen LogP contribution >= 0.6 is 0 Å². The molecular formula is C21H29F3N2O4. The minimum absolute atomic E-state index is 0.0390. The van der Waals surface area contributed by atoms with Gasteiger partial charge in [0.15, 0.2) is 0 Å². The van der Waals surface area contributed by atoms with Gasteiger partial charge in [-0.05, 0) is 64.7 Å². The van der Waals surface area contributed by atoms with E-state index in [9.17, 15) is 22.8 Å². The van der Waals surface area contributed by atoms with E-state index in [-0.39, 0.29) is 29.3 Å². The first kappa shape index (κ1) is 23.8. The summed E-state index contributed by atoms with van der Waals surface area (Å²) in [5.74, 6) is -0.568. The molecule has 1 amide bonds. The Balaban J connectivity index is 2.05. The number of hydrogen-bond acceptors (Lipinski definition) is 5. The molecule has 0 radical (unpaired) electrons. The average Bonchev–Trinajstić information content (AvgIpc) is 3.07. The van der Waals surface area contributed by atoms with Crippen molar-refractivity contribution < 1.29 is 32.2 Å². The van der Waals surface area contributed by atoms with Crippen LogP contribution in [0.4, 0.5) is 23.7 Å². The molecule has 0 spiro atoms. The van der Waals surface area contributed by atoms with Crippen LogP contribution in [-0.4, -0.2) is 48.8 Å². The maximum Gasteiger partial charge on any atom is 0.418 e. The van der Waals surface area contributed by atoms with Crippen LogP contribution in [0.5, 0.6) is 0 Å². The highest BCUT2D eigenvalue weighted by Crippen LogP contribution is 2.36. The van der Waals surface area contributed by atoms with Crippen molar-refractivity contribution in [2.24, 2.45) is 5.92 Å². The van der Waals surface area contributed by atoms with Crippen molar-refractivity contribution >= 4 is 17.7 Å². The van der Waals surface area contributed by atoms with Crippen molar-refractivity contribution in [1.82, 2.24) is 4.90 Å². The minimum Gasteiger partial charge on any atom is -0.465 e. The molecule has 0 saturated carbocycles. The maximum atomic E-state index is 13.4. The van der Waals surface area contributed by atoms with Gasteiger partial charge in [-0.25, -0.2) is 9.59 Å². The quantitative estimate of drug-likeness (QED) is 0.671. The smallest absolute Gasteiger partial charge is 0.418 e. The number of alkyl halides is 3. The molecule has 6 nitrogen and oxygen atoms in total. The molecule has 168 valence electrons. The van der Waals surface area contributed by atoms with Gasteiger partial charge in [-0.3, -0.25) is 0 Å². The van der Waals surface area contributed by atoms with Gasteiger partial charge in [0.2, 0.25) is 0 Å². The summed E-state index contributed by atoms with van der Waals surface area (Å²) in [4.78, 5) is 25.5. The lowest BCUT2D eigenvalue weighted by Crippen LogP contribution is -2.35. The van der Waals surface area contributed by atoms with Gasteiger partial charge in [0, 0.05) is 24.8 Å². The third kappa shape index (κ3) is 6.53. The van der Waals surface area contributed by atoms with Crippen LogP contribution in [-0.2, 0) is 15.7 Å². The van der Waals surface area contributed by atoms with Crippen molar-refractivity contribution in [1.29, 1.82) is 0 Å². The second kappa shape index (κ2) is 9.14. The number of rotatable bonds is 5. The first-order valence-corrected chi connectivity index (χ1v) is 9.84. The number of hydrogen-bond donors (Lipinski definition) is 1. The molecule has 9 heteroatoms. The van der Waals surface area contributed by atoms with Crippen molar-refractivity contribution in [3.05, 3.63) is 29.3 Å². The molecule has 1 unspecified atom stereocenters. The van der Waals surface area contributed by atoms with Gasteiger partial charge >= 0.3 is 18.2 Å². The second-order valence-electron chi connectivity index (χ2n) is 8.61. The Hall–Kier alpha value is -2.45. The summed E-state index contributed by atoms with van der Waals surface area (Å²) < 4.78 is 50.1. The number of halogens is 3. The van der Waals surface area contributed by atoms with E-state index >= 15 is 0 Å². The molecule has 1 heterocycles. The summed E-state index contributed by atoms with van der Waals surface area (Å²) in [7, 11) is 1.17. The Bertz CT molecular complexity index is 774. The molecule has 0 bridgehead atoms. The molecule has 0 aromatic heterocycles. The molecule has 2 atom stereocenters. The third-order valence-electron chi connectivity index (χ3n) is 4.77. The molecule has 1 N–H and O–H groups in total. The fourth-order valence-corrected chi connectivity index (χ4v) is 3.50. The van der Waals surface area contributed by atoms with Crippen molar-refractivity contribution in [2.45, 2.75) is 58.4 Å². The molecule has 1 aliphatic heterocycles. The van der Waals surface area contributed by atoms with E-state index in [1.165, 1.54) is 7.11 Å². The van der Waals surface area contributed by atoms with Crippen LogP contribution in [0.25, 0.3) is 0 Å². The van der Waals surface area contributed by atoms with E-state index in [4.69, 9.17) is 4.74 Å². The zero-order valence-corrected chi connectivity index (χ0v) is 17.9. The number of carbonyl (C=O) groups is 2. The molecular weight excluding hydrogens is 401 g/mol. The summed E-state index contributed by atoms with van der Waals surface area (Å²) >= 11 is 0. The number of anilines is 1. The summed E-state index contributed by atoms with van der Waals surface area (Å²) in [5.41, 5.74) is -1.55. The lowest BCUT2D eigenvalue weighted by atomic mass is 9.99. The SMILES string of the molecule is COC(=O)c1ccc(C(F)(F)F)c(NC(C)C[C@H]2CCN(C(=O)OC(C)(C)C)C2)c1. The molecule has 0 aliphatic carbocycles. The summed E-state index contributed by atoms with van der Waals surface area (Å²) in [6, 6.07) is 2.83. The largest absolute Gasteiger partial charge is 0.465 e. The van der Waals surface area contributed by atoms with E-state index in [0.717, 1.165) is 24.6 Å². The normalized spacial score (nSPS) is 18.1. The monoisotopic (exact) mass is 430 g/mol. The minimum atomic E-state index is -4.56. The van der Waals surface area contributed by atoms with Crippen LogP contribution < -0.4 is 5.32 Å². The summed E-state index contributed by atoms with van der Waals surface area (Å²) in [6.45, 7) is 8.22. The predicted molar refractivity (Wildman–Crippen MR) is 106 cm³/mol. The van der Waals surface area contributed by atoms with Crippen LogP contribution in [0.1, 0.15) is 56.5 Å². The van der Waals surface area contributed by atoms with E-state index < -0.39 is 23.3 Å². The standard InChI is InChI=1S/C21H29F3N2O4/c1-13(10-14-8-9-26(12-14)19(28)30-20(2,3)4)25-17-11-15(18(27)29-5)6-7-16(17)21(22,23)24/h6-7,11,13-14,25H,8-10,12H2,1-5H3/t13?,14-/m1/s1. The third-order valence-corrected chi connectivity index (χ3v) is 4.77. The van der Waals surface area contributed by atoms with Crippen LogP contribution in [0.3, 0.4) is 0 Å². The van der Waals surface area contributed by atoms with Gasteiger partial charge in [0.1, 0.15) is 5.60 Å². The average molecular weight is 430 g/mol. The number of benzene rings is 1. The molecule has 1 aromatic rings. The summed E-state index contributed by atoms with van der Waals surface area (Å²) in [6.07, 6.45) is -3.62. The predicted octanol–water partition coefficient (Wildman–Crippen LogP) is 4.94. The van der Waals surface area contributed by atoms with E-state index in [2.05, 4.69) is 10.1 Å². The molecule has 1 saturated heterocycles. The first-order valence-electron chi connectivity index (χ1n) is 9.84. The van der Waals surface area contributed by atoms with Gasteiger partial charge in [-0.2, -0.15) is 13.2 Å². The highest BCUT2D eigenvalue weighted by molar-refractivity contribution is 5.90. The van der Waals surface area contributed by atoms with E-state index in [0.29, 0.717) is 19.5 Å². The number of carbonyl (C=O) groups excluding carboxylic acids is 2. The van der Waals surface area contributed by atoms with Crippen molar-refractivity contribution in [3.8, 4) is 0 Å². The number of amides is 1. The Morgan fingerprint density at radius 2 is 1.93 bits per heavy atom. The molecule has 1 aromatic carbocycles. The topological polar surface area (TPSA) is 67.9 Å². The Kier molecular flexibility index (Phi) is 7.26.